The topological polar surface area (TPSA) is 163 Å². The molecule has 0 spiro atoms. The first-order valence-electron chi connectivity index (χ1n) is 25.4. The molecule has 4 N–H and O–H groups in total. The number of benzene rings is 2. The average molecular weight is 967 g/mol. The van der Waals surface area contributed by atoms with Gasteiger partial charge >= 0.3 is 0 Å². The van der Waals surface area contributed by atoms with E-state index in [9.17, 15) is 28.8 Å². The van der Waals surface area contributed by atoms with Gasteiger partial charge < -0.3 is 40.9 Å². The summed E-state index contributed by atoms with van der Waals surface area (Å²) in [5.74, 6) is 5.51. The maximum atomic E-state index is 14.2. The molecule has 14 heteroatoms. The Bertz CT molecular complexity index is 1900. The van der Waals surface area contributed by atoms with Gasteiger partial charge in [0.15, 0.2) is 0 Å². The van der Waals surface area contributed by atoms with Gasteiger partial charge in [0.05, 0.1) is 12.1 Å². The number of hydrogen-bond acceptors (Lipinski definition) is 8. The summed E-state index contributed by atoms with van der Waals surface area (Å²) in [4.78, 5) is 89.8. The maximum absolute atomic E-state index is 14.2. The number of carbonyl (C=O) groups is 6. The molecule has 2 aromatic rings. The maximum Gasteiger partial charge on any atom is 0.246 e. The lowest BCUT2D eigenvalue weighted by Crippen LogP contribution is -2.59. The molecule has 2 saturated heterocycles. The predicted octanol–water partition coefficient (Wildman–Crippen LogP) is 5.75. The Hall–Kier alpha value is -5.52. The standard InChI is InChI=1S/C54H82N8O6.C2H4/c1-39(55-9)49(65)57-47(53(3,4)5)51(67)61-33-21-27-43(61)37-59(35-31-41-23-15-13-16-24-41)45(63)29-19-11-12-20-30-46(64)60(36-32-42-25-17-14-18-26-42)38-44-28-22-34-62(44)52(68)48(54(6,7)8)58-50(66)40(2)56-10;1-2/h13-18,23-26,39-40,43-44,47-48,55-56H,19-22,27-38H2,1-10H3,(H,57,65)(H,58,66);1-2H2. The minimum absolute atomic E-state index is 0.0401. The van der Waals surface area contributed by atoms with E-state index in [0.29, 0.717) is 65.0 Å². The normalized spacial score (nSPS) is 17.4. The number of nitrogens with zero attached hydrogens (tertiary/aromatic N) is 4. The van der Waals surface area contributed by atoms with Gasteiger partial charge in [0.1, 0.15) is 12.1 Å². The lowest BCUT2D eigenvalue weighted by molar-refractivity contribution is -0.142. The van der Waals surface area contributed by atoms with Crippen LogP contribution in [0.5, 0.6) is 0 Å². The largest absolute Gasteiger partial charge is 0.342 e. The monoisotopic (exact) mass is 967 g/mol. The Balaban J connectivity index is 0.00000639. The van der Waals surface area contributed by atoms with E-state index < -0.39 is 35.0 Å². The van der Waals surface area contributed by atoms with Gasteiger partial charge in [-0.2, -0.15) is 0 Å². The van der Waals surface area contributed by atoms with Gasteiger partial charge in [-0.1, -0.05) is 102 Å². The van der Waals surface area contributed by atoms with Crippen LogP contribution in [-0.4, -0.2) is 145 Å². The van der Waals surface area contributed by atoms with Crippen LogP contribution in [0.3, 0.4) is 0 Å². The molecule has 2 aromatic carbocycles. The van der Waals surface area contributed by atoms with Crippen molar-refractivity contribution in [2.45, 2.75) is 156 Å². The van der Waals surface area contributed by atoms with E-state index in [2.05, 4.69) is 46.3 Å². The second kappa shape index (κ2) is 29.0. The number of nitrogens with one attached hydrogen (secondary N) is 4. The highest BCUT2D eigenvalue weighted by Gasteiger charge is 2.42. The smallest absolute Gasteiger partial charge is 0.246 e. The number of likely N-dealkylation sites (tertiary alicyclic amines) is 2. The second-order valence-electron chi connectivity index (χ2n) is 20.8. The average Bonchev–Trinajstić information content (AvgIpc) is 4.02. The first-order valence-corrected chi connectivity index (χ1v) is 25.4. The lowest BCUT2D eigenvalue weighted by Gasteiger charge is -2.37. The van der Waals surface area contributed by atoms with Crippen LogP contribution in [0.2, 0.25) is 0 Å². The van der Waals surface area contributed by atoms with Gasteiger partial charge in [-0.3, -0.25) is 28.8 Å². The molecular weight excluding hydrogens is 881 g/mol. The Morgan fingerprint density at radius 3 is 1.27 bits per heavy atom. The van der Waals surface area contributed by atoms with Crippen molar-refractivity contribution in [2.24, 2.45) is 10.8 Å². The molecule has 6 unspecified atom stereocenters. The summed E-state index contributed by atoms with van der Waals surface area (Å²) in [6.45, 7) is 24.1. The Morgan fingerprint density at radius 1 is 0.614 bits per heavy atom. The van der Waals surface area contributed by atoms with Crippen LogP contribution in [0.25, 0.3) is 0 Å². The van der Waals surface area contributed by atoms with Crippen molar-refractivity contribution in [3.8, 4) is 11.8 Å². The minimum atomic E-state index is -0.723. The van der Waals surface area contributed by atoms with Crippen molar-refractivity contribution in [2.75, 3.05) is 53.4 Å². The quantitative estimate of drug-likeness (QED) is 0.0857. The minimum Gasteiger partial charge on any atom is -0.342 e. The molecule has 0 bridgehead atoms. The molecule has 2 aliphatic heterocycles. The fraction of sp³-hybridized carbons (Fsp3) is 0.607. The van der Waals surface area contributed by atoms with Crippen molar-refractivity contribution in [1.82, 2.24) is 40.9 Å². The van der Waals surface area contributed by atoms with E-state index in [1.54, 1.807) is 27.9 Å². The Kier molecular flexibility index (Phi) is 24.3. The fourth-order valence-electron chi connectivity index (χ4n) is 8.85. The molecule has 2 aliphatic rings. The van der Waals surface area contributed by atoms with Crippen molar-refractivity contribution in [3.63, 3.8) is 0 Å². The van der Waals surface area contributed by atoms with Crippen LogP contribution < -0.4 is 21.3 Å². The van der Waals surface area contributed by atoms with Gasteiger partial charge in [0.25, 0.3) is 0 Å². The second-order valence-corrected chi connectivity index (χ2v) is 20.8. The summed E-state index contributed by atoms with van der Waals surface area (Å²) >= 11 is 0. The number of likely N-dealkylation sites (N-methyl/N-ethyl adjacent to an activating group) is 2. The molecule has 2 fully saturated rings. The molecule has 6 atom stereocenters. The summed E-state index contributed by atoms with van der Waals surface area (Å²) in [6, 6.07) is 17.4. The zero-order valence-corrected chi connectivity index (χ0v) is 44.2. The molecule has 4 rings (SSSR count). The highest BCUT2D eigenvalue weighted by atomic mass is 16.2. The van der Waals surface area contributed by atoms with E-state index in [0.717, 1.165) is 36.8 Å². The fourth-order valence-corrected chi connectivity index (χ4v) is 8.85. The third-order valence-corrected chi connectivity index (χ3v) is 13.4. The van der Waals surface area contributed by atoms with E-state index in [1.807, 2.05) is 122 Å². The molecule has 6 amide bonds. The van der Waals surface area contributed by atoms with E-state index >= 15 is 0 Å². The molecule has 0 aliphatic carbocycles. The number of amides is 6. The van der Waals surface area contributed by atoms with Crippen molar-refractivity contribution >= 4 is 35.4 Å². The third kappa shape index (κ3) is 18.3. The molecule has 0 aromatic heterocycles. The number of rotatable bonds is 22. The van der Waals surface area contributed by atoms with Crippen LogP contribution in [0.1, 0.15) is 118 Å². The molecule has 14 nitrogen and oxygen atoms in total. The predicted molar refractivity (Wildman–Crippen MR) is 280 cm³/mol. The van der Waals surface area contributed by atoms with Crippen molar-refractivity contribution < 1.29 is 28.8 Å². The molecule has 0 radical (unpaired) electrons. The third-order valence-electron chi connectivity index (χ3n) is 13.4. The first kappa shape index (κ1) is 58.8. The summed E-state index contributed by atoms with van der Waals surface area (Å²) in [5.41, 5.74) is 1.18. The summed E-state index contributed by atoms with van der Waals surface area (Å²) in [5, 5.41) is 11.9. The molecule has 0 saturated carbocycles. The van der Waals surface area contributed by atoms with Gasteiger partial charge in [-0.05, 0) is 88.4 Å². The van der Waals surface area contributed by atoms with Crippen LogP contribution in [-0.2, 0) is 41.6 Å². The van der Waals surface area contributed by atoms with E-state index in [-0.39, 0.29) is 60.4 Å². The van der Waals surface area contributed by atoms with Crippen LogP contribution in [0.15, 0.2) is 73.8 Å². The lowest BCUT2D eigenvalue weighted by atomic mass is 9.85. The SMILES string of the molecule is C=C.CNC(C)C(=O)NC(C(=O)N1CCCC1CN(CCc1ccccc1)C(=O)CCC#CCCC(=O)N(CCc1ccccc1)CC1CCCN1C(=O)C(NC(=O)C(C)NC)C(C)(C)C)C(C)(C)C. The van der Waals surface area contributed by atoms with Crippen LogP contribution in [0, 0.1) is 22.7 Å². The Morgan fingerprint density at radius 2 is 0.957 bits per heavy atom. The Labute approximate surface area is 420 Å². The summed E-state index contributed by atoms with van der Waals surface area (Å²) < 4.78 is 0. The molecule has 386 valence electrons. The summed E-state index contributed by atoms with van der Waals surface area (Å²) in [7, 11) is 3.42. The van der Waals surface area contributed by atoms with Crippen molar-refractivity contribution in [1.29, 1.82) is 0 Å². The van der Waals surface area contributed by atoms with Crippen LogP contribution in [0.4, 0.5) is 0 Å². The zero-order chi connectivity index (χ0) is 52.0. The van der Waals surface area contributed by atoms with Gasteiger partial charge in [0, 0.05) is 77.0 Å². The molecule has 2 heterocycles. The summed E-state index contributed by atoms with van der Waals surface area (Å²) in [6.07, 6.45) is 5.56. The number of hydrogen-bond donors (Lipinski definition) is 4. The zero-order valence-electron chi connectivity index (χ0n) is 44.2. The van der Waals surface area contributed by atoms with E-state index in [1.165, 1.54) is 0 Å². The van der Waals surface area contributed by atoms with Crippen LogP contribution >= 0.6 is 0 Å². The molecule has 70 heavy (non-hydrogen) atoms. The van der Waals surface area contributed by atoms with Gasteiger partial charge in [-0.15, -0.1) is 25.0 Å². The highest BCUT2D eigenvalue weighted by Crippen LogP contribution is 2.28. The highest BCUT2D eigenvalue weighted by molar-refractivity contribution is 5.91. The van der Waals surface area contributed by atoms with Gasteiger partial charge in [0.2, 0.25) is 35.4 Å². The number of carbonyl (C=O) groups excluding carboxylic acids is 6. The van der Waals surface area contributed by atoms with E-state index in [4.69, 9.17) is 0 Å². The molecular formula is C56H86N8O6. The first-order chi connectivity index (χ1) is 33.2. The van der Waals surface area contributed by atoms with Crippen molar-refractivity contribution in [3.05, 3.63) is 84.9 Å². The van der Waals surface area contributed by atoms with Gasteiger partial charge in [-0.25, -0.2) is 0 Å².